The number of rotatable bonds is 7. The Bertz CT molecular complexity index is 199. The predicted molar refractivity (Wildman–Crippen MR) is 71.8 cm³/mol. The molecule has 96 valence electrons. The van der Waals surface area contributed by atoms with Gasteiger partial charge in [0, 0.05) is 11.6 Å². The lowest BCUT2D eigenvalue weighted by Crippen LogP contribution is -2.57. The average Bonchev–Trinajstić information content (AvgIpc) is 2.20. The molecular weight excluding hydrogens is 196 g/mol. The molecule has 2 heteroatoms. The van der Waals surface area contributed by atoms with Crippen LogP contribution in [0.1, 0.15) is 52.9 Å². The van der Waals surface area contributed by atoms with Crippen LogP contribution in [0.2, 0.25) is 0 Å². The molecule has 0 spiro atoms. The summed E-state index contributed by atoms with van der Waals surface area (Å²) < 4.78 is 0. The first-order chi connectivity index (χ1) is 7.54. The zero-order valence-corrected chi connectivity index (χ0v) is 11.8. The van der Waals surface area contributed by atoms with Crippen molar-refractivity contribution in [3.8, 4) is 0 Å². The fourth-order valence-electron chi connectivity index (χ4n) is 2.74. The number of nitrogens with zero attached hydrogens (tertiary/aromatic N) is 1. The maximum Gasteiger partial charge on any atom is 0.0325 e. The molecule has 0 radical (unpaired) electrons. The van der Waals surface area contributed by atoms with Gasteiger partial charge in [-0.25, -0.2) is 0 Å². The molecule has 1 aliphatic rings. The highest BCUT2D eigenvalue weighted by Crippen LogP contribution is 2.34. The van der Waals surface area contributed by atoms with Crippen molar-refractivity contribution in [2.24, 2.45) is 5.92 Å². The van der Waals surface area contributed by atoms with Crippen LogP contribution in [-0.4, -0.2) is 37.1 Å². The molecule has 2 unspecified atom stereocenters. The third kappa shape index (κ3) is 2.98. The van der Waals surface area contributed by atoms with Gasteiger partial charge in [-0.3, -0.25) is 0 Å². The molecule has 0 aromatic rings. The molecule has 1 fully saturated rings. The van der Waals surface area contributed by atoms with Crippen LogP contribution in [-0.2, 0) is 0 Å². The van der Waals surface area contributed by atoms with E-state index in [4.69, 9.17) is 0 Å². The fraction of sp³-hybridized carbons (Fsp3) is 1.00. The molecule has 2 nitrogen and oxygen atoms in total. The topological polar surface area (TPSA) is 15.3 Å². The minimum Gasteiger partial charge on any atom is -0.312 e. The SMILES string of the molecule is CCNC(CC1CCC1)C(C)(CC)N(C)C. The summed E-state index contributed by atoms with van der Waals surface area (Å²) in [5.74, 6) is 0.981. The highest BCUT2D eigenvalue weighted by Gasteiger charge is 2.36. The fourth-order valence-corrected chi connectivity index (χ4v) is 2.74. The van der Waals surface area contributed by atoms with E-state index in [9.17, 15) is 0 Å². The van der Waals surface area contributed by atoms with E-state index < -0.39 is 0 Å². The minimum absolute atomic E-state index is 0.297. The molecule has 0 aromatic carbocycles. The normalized spacial score (nSPS) is 22.9. The van der Waals surface area contributed by atoms with Crippen molar-refractivity contribution < 1.29 is 0 Å². The largest absolute Gasteiger partial charge is 0.312 e. The molecule has 0 aliphatic heterocycles. The van der Waals surface area contributed by atoms with E-state index in [0.717, 1.165) is 12.5 Å². The van der Waals surface area contributed by atoms with Gasteiger partial charge in [-0.15, -0.1) is 0 Å². The summed E-state index contributed by atoms with van der Waals surface area (Å²) in [5, 5.41) is 3.71. The molecule has 0 saturated heterocycles. The second-order valence-electron chi connectivity index (χ2n) is 5.75. The van der Waals surface area contributed by atoms with E-state index in [1.807, 2.05) is 0 Å². The number of hydrogen-bond acceptors (Lipinski definition) is 2. The first kappa shape index (κ1) is 14.0. The van der Waals surface area contributed by atoms with E-state index in [2.05, 4.69) is 45.1 Å². The summed E-state index contributed by atoms with van der Waals surface area (Å²) in [6.07, 6.45) is 6.93. The predicted octanol–water partition coefficient (Wildman–Crippen LogP) is 2.89. The molecule has 0 amide bonds. The van der Waals surface area contributed by atoms with Gasteiger partial charge in [0.1, 0.15) is 0 Å². The lowest BCUT2D eigenvalue weighted by molar-refractivity contribution is 0.0885. The number of likely N-dealkylation sites (N-methyl/N-ethyl adjacent to an activating group) is 2. The van der Waals surface area contributed by atoms with Crippen molar-refractivity contribution in [3.63, 3.8) is 0 Å². The molecule has 1 N–H and O–H groups in total. The van der Waals surface area contributed by atoms with Crippen molar-refractivity contribution in [3.05, 3.63) is 0 Å². The van der Waals surface area contributed by atoms with Crippen LogP contribution in [0.15, 0.2) is 0 Å². The Labute approximate surface area is 102 Å². The lowest BCUT2D eigenvalue weighted by atomic mass is 9.75. The molecule has 0 aromatic heterocycles. The van der Waals surface area contributed by atoms with Crippen LogP contribution < -0.4 is 5.32 Å². The van der Waals surface area contributed by atoms with Crippen LogP contribution in [0.3, 0.4) is 0 Å². The van der Waals surface area contributed by atoms with E-state index in [1.165, 1.54) is 32.1 Å². The van der Waals surface area contributed by atoms with Gasteiger partial charge in [0.15, 0.2) is 0 Å². The number of nitrogens with one attached hydrogen (secondary N) is 1. The summed E-state index contributed by atoms with van der Waals surface area (Å²) >= 11 is 0. The maximum absolute atomic E-state index is 3.71. The number of hydrogen-bond donors (Lipinski definition) is 1. The summed E-state index contributed by atoms with van der Waals surface area (Å²) in [5.41, 5.74) is 0.297. The second kappa shape index (κ2) is 6.02. The third-order valence-electron chi connectivity index (χ3n) is 4.73. The quantitative estimate of drug-likeness (QED) is 0.718. The maximum atomic E-state index is 3.71. The van der Waals surface area contributed by atoms with Crippen molar-refractivity contribution in [1.82, 2.24) is 10.2 Å². The Hall–Kier alpha value is -0.0800. The van der Waals surface area contributed by atoms with Crippen LogP contribution in [0.4, 0.5) is 0 Å². The molecular formula is C14H30N2. The smallest absolute Gasteiger partial charge is 0.0325 e. The van der Waals surface area contributed by atoms with Crippen molar-refractivity contribution in [2.45, 2.75) is 64.5 Å². The Balaban J connectivity index is 2.64. The first-order valence-electron chi connectivity index (χ1n) is 6.95. The van der Waals surface area contributed by atoms with Gasteiger partial charge in [-0.2, -0.15) is 0 Å². The van der Waals surface area contributed by atoms with Gasteiger partial charge in [-0.05, 0) is 46.3 Å². The minimum atomic E-state index is 0.297. The summed E-state index contributed by atoms with van der Waals surface area (Å²) in [6, 6.07) is 0.641. The average molecular weight is 226 g/mol. The third-order valence-corrected chi connectivity index (χ3v) is 4.73. The zero-order chi connectivity index (χ0) is 12.2. The van der Waals surface area contributed by atoms with E-state index >= 15 is 0 Å². The molecule has 0 heterocycles. The van der Waals surface area contributed by atoms with Gasteiger partial charge < -0.3 is 10.2 Å². The first-order valence-corrected chi connectivity index (χ1v) is 6.95. The molecule has 1 rings (SSSR count). The summed E-state index contributed by atoms with van der Waals surface area (Å²) in [6.45, 7) is 8.02. The van der Waals surface area contributed by atoms with Crippen molar-refractivity contribution in [2.75, 3.05) is 20.6 Å². The zero-order valence-electron chi connectivity index (χ0n) is 11.8. The summed E-state index contributed by atoms with van der Waals surface area (Å²) in [7, 11) is 4.43. The second-order valence-corrected chi connectivity index (χ2v) is 5.75. The van der Waals surface area contributed by atoms with Gasteiger partial charge in [0.2, 0.25) is 0 Å². The van der Waals surface area contributed by atoms with Gasteiger partial charge in [0.05, 0.1) is 0 Å². The lowest BCUT2D eigenvalue weighted by Gasteiger charge is -2.45. The van der Waals surface area contributed by atoms with Crippen LogP contribution in [0, 0.1) is 5.92 Å². The van der Waals surface area contributed by atoms with Crippen LogP contribution in [0.25, 0.3) is 0 Å². The van der Waals surface area contributed by atoms with Crippen molar-refractivity contribution in [1.29, 1.82) is 0 Å². The molecule has 2 atom stereocenters. The van der Waals surface area contributed by atoms with Gasteiger partial charge in [-0.1, -0.05) is 33.1 Å². The van der Waals surface area contributed by atoms with E-state index in [-0.39, 0.29) is 0 Å². The molecule has 16 heavy (non-hydrogen) atoms. The van der Waals surface area contributed by atoms with Crippen LogP contribution in [0.5, 0.6) is 0 Å². The standard InChI is InChI=1S/C14H30N2/c1-6-14(3,16(4)5)13(15-7-2)11-12-9-8-10-12/h12-13,15H,6-11H2,1-5H3. The Morgan fingerprint density at radius 1 is 1.31 bits per heavy atom. The Kier molecular flexibility index (Phi) is 5.26. The summed E-state index contributed by atoms with van der Waals surface area (Å²) in [4.78, 5) is 2.40. The van der Waals surface area contributed by atoms with E-state index in [0.29, 0.717) is 11.6 Å². The molecule has 0 bridgehead atoms. The van der Waals surface area contributed by atoms with Gasteiger partial charge >= 0.3 is 0 Å². The Morgan fingerprint density at radius 2 is 1.94 bits per heavy atom. The molecule has 1 saturated carbocycles. The van der Waals surface area contributed by atoms with Gasteiger partial charge in [0.25, 0.3) is 0 Å². The van der Waals surface area contributed by atoms with Crippen LogP contribution >= 0.6 is 0 Å². The monoisotopic (exact) mass is 226 g/mol. The van der Waals surface area contributed by atoms with Crippen molar-refractivity contribution >= 4 is 0 Å². The highest BCUT2D eigenvalue weighted by molar-refractivity contribution is 4.95. The highest BCUT2D eigenvalue weighted by atomic mass is 15.2. The molecule has 1 aliphatic carbocycles. The Morgan fingerprint density at radius 3 is 2.25 bits per heavy atom. The van der Waals surface area contributed by atoms with E-state index in [1.54, 1.807) is 0 Å².